The molecule has 0 saturated carbocycles. The number of rotatable bonds is 8. The maximum atomic E-state index is 13.9. The third-order valence-electron chi connectivity index (χ3n) is 5.76. The number of benzene rings is 3. The molecule has 0 aliphatic carbocycles. The fourth-order valence-corrected chi connectivity index (χ4v) is 4.25. The number of nitrogens with zero attached hydrogens (tertiary/aromatic N) is 2. The average molecular weight is 523 g/mol. The van der Waals surface area contributed by atoms with E-state index >= 15 is 0 Å². The van der Waals surface area contributed by atoms with Crippen LogP contribution in [0.3, 0.4) is 0 Å². The molecular weight excluding hydrogens is 494 g/mol. The summed E-state index contributed by atoms with van der Waals surface area (Å²) in [6.45, 7) is 7.69. The summed E-state index contributed by atoms with van der Waals surface area (Å²) in [5.41, 5.74) is 0.0309. The second kappa shape index (κ2) is 10.9. The van der Waals surface area contributed by atoms with Gasteiger partial charge in [-0.25, -0.2) is 8.78 Å². The predicted molar refractivity (Wildman–Crippen MR) is 142 cm³/mol. The van der Waals surface area contributed by atoms with Crippen molar-refractivity contribution in [3.63, 3.8) is 0 Å². The topological polar surface area (TPSA) is 81.0 Å². The molecule has 3 aromatic carbocycles. The minimum Gasteiger partial charge on any atom is -0.508 e. The first-order chi connectivity index (χ1) is 18.1. The normalized spacial score (nSPS) is 11.1. The Kier molecular flexibility index (Phi) is 7.66. The number of hydrogen-bond donors (Lipinski definition) is 1. The molecule has 4 aromatic rings. The summed E-state index contributed by atoms with van der Waals surface area (Å²) in [6.07, 6.45) is 1.23. The summed E-state index contributed by atoms with van der Waals surface area (Å²) < 4.78 is 41.1. The second-order valence-corrected chi connectivity index (χ2v) is 8.88. The van der Waals surface area contributed by atoms with Crippen LogP contribution in [0.4, 0.5) is 14.5 Å². The Balaban J connectivity index is 1.96. The van der Waals surface area contributed by atoms with Crippen LogP contribution >= 0.6 is 0 Å². The molecule has 0 aliphatic rings. The number of phenolic OH excluding ortho intramolecular Hbond substituents is 1. The van der Waals surface area contributed by atoms with E-state index in [1.54, 1.807) is 29.7 Å². The Labute approximate surface area is 218 Å². The van der Waals surface area contributed by atoms with E-state index < -0.39 is 23.0 Å². The Morgan fingerprint density at radius 1 is 1.00 bits per heavy atom. The largest absolute Gasteiger partial charge is 0.508 e. The van der Waals surface area contributed by atoms with E-state index in [1.165, 1.54) is 24.4 Å². The van der Waals surface area contributed by atoms with Crippen LogP contribution in [0.1, 0.15) is 38.1 Å². The van der Waals surface area contributed by atoms with Gasteiger partial charge in [0.2, 0.25) is 5.43 Å². The molecule has 1 aromatic heterocycles. The van der Waals surface area contributed by atoms with Crippen LogP contribution in [0.5, 0.6) is 17.2 Å². The Morgan fingerprint density at radius 2 is 1.68 bits per heavy atom. The van der Waals surface area contributed by atoms with Crippen molar-refractivity contribution in [3.05, 3.63) is 88.2 Å². The van der Waals surface area contributed by atoms with Crippen molar-refractivity contribution in [3.8, 4) is 22.9 Å². The minimum absolute atomic E-state index is 0.0160. The van der Waals surface area contributed by atoms with E-state index in [1.807, 2.05) is 20.8 Å². The van der Waals surface area contributed by atoms with Crippen molar-refractivity contribution < 1.29 is 28.2 Å². The average Bonchev–Trinajstić information content (AvgIpc) is 2.83. The number of anilines is 1. The molecule has 38 heavy (non-hydrogen) atoms. The molecule has 0 spiro atoms. The highest BCUT2D eigenvalue weighted by Crippen LogP contribution is 2.30. The van der Waals surface area contributed by atoms with Gasteiger partial charge in [-0.2, -0.15) is 0 Å². The van der Waals surface area contributed by atoms with Crippen LogP contribution in [0.2, 0.25) is 0 Å². The van der Waals surface area contributed by atoms with Crippen molar-refractivity contribution in [2.75, 3.05) is 18.1 Å². The molecule has 4 rings (SSSR count). The fraction of sp³-hybridized carbons (Fsp3) is 0.241. The van der Waals surface area contributed by atoms with Crippen molar-refractivity contribution in [1.82, 2.24) is 4.57 Å². The highest BCUT2D eigenvalue weighted by atomic mass is 19.1. The number of hydrogen-bond acceptors (Lipinski definition) is 5. The van der Waals surface area contributed by atoms with Crippen LogP contribution in [0, 0.1) is 11.6 Å². The van der Waals surface area contributed by atoms with Crippen molar-refractivity contribution in [2.24, 2.45) is 0 Å². The molecule has 198 valence electrons. The van der Waals surface area contributed by atoms with E-state index in [0.717, 1.165) is 17.0 Å². The molecule has 1 heterocycles. The van der Waals surface area contributed by atoms with E-state index in [-0.39, 0.29) is 35.0 Å². The predicted octanol–water partition coefficient (Wildman–Crippen LogP) is 5.83. The first kappa shape index (κ1) is 26.7. The Morgan fingerprint density at radius 3 is 2.32 bits per heavy atom. The standard InChI is InChI=1S/C29H28F2N2O5/c1-5-32(20-10-18(30)9-19(31)11-20)29(36)26-16-33(27-14-22(34)7-8-25(27)28(26)35)21-12-23(37-6-2)15-24(13-21)38-17(3)4/h7-17,34H,5-6H2,1-4H3. The summed E-state index contributed by atoms with van der Waals surface area (Å²) in [6, 6.07) is 12.1. The first-order valence-electron chi connectivity index (χ1n) is 12.2. The molecule has 0 radical (unpaired) electrons. The zero-order valence-corrected chi connectivity index (χ0v) is 21.5. The highest BCUT2D eigenvalue weighted by Gasteiger charge is 2.23. The van der Waals surface area contributed by atoms with E-state index in [4.69, 9.17) is 9.47 Å². The van der Waals surface area contributed by atoms with Gasteiger partial charge in [0.1, 0.15) is 34.4 Å². The van der Waals surface area contributed by atoms with E-state index in [9.17, 15) is 23.5 Å². The summed E-state index contributed by atoms with van der Waals surface area (Å²) in [5.74, 6) is -1.48. The molecule has 0 bridgehead atoms. The maximum Gasteiger partial charge on any atom is 0.263 e. The van der Waals surface area contributed by atoms with Gasteiger partial charge in [0.15, 0.2) is 0 Å². The number of pyridine rings is 1. The zero-order chi connectivity index (χ0) is 27.6. The lowest BCUT2D eigenvalue weighted by Gasteiger charge is -2.22. The van der Waals surface area contributed by atoms with Gasteiger partial charge in [-0.1, -0.05) is 0 Å². The maximum absolute atomic E-state index is 13.9. The molecule has 1 N–H and O–H groups in total. The minimum atomic E-state index is -0.844. The van der Waals surface area contributed by atoms with Crippen LogP contribution in [0.15, 0.2) is 65.6 Å². The Hall–Kier alpha value is -4.40. The molecule has 0 aliphatic heterocycles. The van der Waals surface area contributed by atoms with Gasteiger partial charge in [0, 0.05) is 54.1 Å². The quantitative estimate of drug-likeness (QED) is 0.315. The van der Waals surface area contributed by atoms with Crippen molar-refractivity contribution in [1.29, 1.82) is 0 Å². The number of aromatic nitrogens is 1. The van der Waals surface area contributed by atoms with Gasteiger partial charge in [-0.15, -0.1) is 0 Å². The molecule has 0 saturated heterocycles. The van der Waals surface area contributed by atoms with E-state index in [2.05, 4.69) is 0 Å². The van der Waals surface area contributed by atoms with Gasteiger partial charge in [0.05, 0.1) is 23.9 Å². The number of halogens is 2. The highest BCUT2D eigenvalue weighted by molar-refractivity contribution is 6.07. The summed E-state index contributed by atoms with van der Waals surface area (Å²) in [4.78, 5) is 28.3. The lowest BCUT2D eigenvalue weighted by Crippen LogP contribution is -2.35. The van der Waals surface area contributed by atoms with Crippen molar-refractivity contribution in [2.45, 2.75) is 33.8 Å². The molecule has 0 fully saturated rings. The second-order valence-electron chi connectivity index (χ2n) is 8.88. The number of carbonyl (C=O) groups is 1. The third-order valence-corrected chi connectivity index (χ3v) is 5.76. The lowest BCUT2D eigenvalue weighted by atomic mass is 10.1. The van der Waals surface area contributed by atoms with Gasteiger partial charge < -0.3 is 24.0 Å². The summed E-state index contributed by atoms with van der Waals surface area (Å²) in [7, 11) is 0. The number of carbonyl (C=O) groups excluding carboxylic acids is 1. The molecule has 0 unspecified atom stereocenters. The number of fused-ring (bicyclic) bond motifs is 1. The van der Waals surface area contributed by atoms with Crippen molar-refractivity contribution >= 4 is 22.5 Å². The Bertz CT molecular complexity index is 1540. The summed E-state index contributed by atoms with van der Waals surface area (Å²) >= 11 is 0. The SMILES string of the molecule is CCOc1cc(OC(C)C)cc(-n2cc(C(=O)N(CC)c3cc(F)cc(F)c3)c(=O)c3ccc(O)cc32)c1. The summed E-state index contributed by atoms with van der Waals surface area (Å²) in [5, 5.41) is 10.4. The zero-order valence-electron chi connectivity index (χ0n) is 21.5. The third kappa shape index (κ3) is 5.46. The van der Waals surface area contributed by atoms with Gasteiger partial charge >= 0.3 is 0 Å². The first-order valence-corrected chi connectivity index (χ1v) is 12.2. The molecule has 7 nitrogen and oxygen atoms in total. The van der Waals surface area contributed by atoms with Crippen LogP contribution < -0.4 is 19.8 Å². The molecular formula is C29H28F2N2O5. The monoisotopic (exact) mass is 522 g/mol. The van der Waals surface area contributed by atoms with Gasteiger partial charge in [-0.3, -0.25) is 9.59 Å². The smallest absolute Gasteiger partial charge is 0.263 e. The lowest BCUT2D eigenvalue weighted by molar-refractivity contribution is 0.0987. The van der Waals surface area contributed by atoms with Crippen LogP contribution in [-0.2, 0) is 0 Å². The number of aromatic hydroxyl groups is 1. The van der Waals surface area contributed by atoms with Crippen LogP contribution in [0.25, 0.3) is 16.6 Å². The number of amides is 1. The molecule has 0 atom stereocenters. The molecule has 9 heteroatoms. The van der Waals surface area contributed by atoms with E-state index in [0.29, 0.717) is 35.4 Å². The van der Waals surface area contributed by atoms with Crippen LogP contribution in [-0.4, -0.2) is 34.8 Å². The van der Waals surface area contributed by atoms with Gasteiger partial charge in [0.25, 0.3) is 5.91 Å². The number of phenols is 1. The number of ether oxygens (including phenoxy) is 2. The van der Waals surface area contributed by atoms with Gasteiger partial charge in [-0.05, 0) is 52.0 Å². The molecule has 1 amide bonds. The fourth-order valence-electron chi connectivity index (χ4n) is 4.25.